The maximum atomic E-state index is 9.42. The zero-order chi connectivity index (χ0) is 18.8. The van der Waals surface area contributed by atoms with Crippen molar-refractivity contribution in [3.8, 4) is 6.07 Å². The quantitative estimate of drug-likeness (QED) is 0.615. The van der Waals surface area contributed by atoms with Gasteiger partial charge < -0.3 is 0 Å². The van der Waals surface area contributed by atoms with Crippen LogP contribution in [0.2, 0.25) is 0 Å². The van der Waals surface area contributed by atoms with Gasteiger partial charge in [0.25, 0.3) is 0 Å². The summed E-state index contributed by atoms with van der Waals surface area (Å²) in [5, 5.41) is 9.42. The minimum Gasteiger partial charge on any atom is -0.261 e. The van der Waals surface area contributed by atoms with Crippen molar-refractivity contribution in [3.63, 3.8) is 0 Å². The molecular weight excluding hydrogens is 304 g/mol. The van der Waals surface area contributed by atoms with Crippen molar-refractivity contribution in [1.82, 2.24) is 0 Å². The SMILES string of the molecule is C=C(c1ccc(C(C)(C)C#N)cc1N=CC)c1cc(C)cc(C)c1C. The number of rotatable bonds is 4. The molecule has 0 aliphatic rings. The number of hydrogen-bond donors (Lipinski definition) is 0. The van der Waals surface area contributed by atoms with Crippen LogP contribution in [0.4, 0.5) is 5.69 Å². The molecule has 0 amide bonds. The molecule has 0 aromatic heterocycles. The Hall–Kier alpha value is -2.66. The Kier molecular flexibility index (Phi) is 5.28. The molecule has 0 radical (unpaired) electrons. The first-order chi connectivity index (χ1) is 11.7. The predicted molar refractivity (Wildman–Crippen MR) is 108 cm³/mol. The topological polar surface area (TPSA) is 36.1 Å². The lowest BCUT2D eigenvalue weighted by Crippen LogP contribution is -2.13. The molecule has 2 nitrogen and oxygen atoms in total. The van der Waals surface area contributed by atoms with Gasteiger partial charge in [0.15, 0.2) is 0 Å². The van der Waals surface area contributed by atoms with Gasteiger partial charge in [-0.15, -0.1) is 0 Å². The van der Waals surface area contributed by atoms with E-state index in [0.29, 0.717) is 0 Å². The number of aryl methyl sites for hydroxylation is 2. The third-order valence-corrected chi connectivity index (χ3v) is 4.73. The minimum absolute atomic E-state index is 0.548. The number of benzene rings is 2. The molecule has 0 heterocycles. The fraction of sp³-hybridized carbons (Fsp3) is 0.304. The maximum Gasteiger partial charge on any atom is 0.0767 e. The molecule has 128 valence electrons. The van der Waals surface area contributed by atoms with Crippen LogP contribution in [0.1, 0.15) is 54.2 Å². The third-order valence-electron chi connectivity index (χ3n) is 4.73. The van der Waals surface area contributed by atoms with Crippen LogP contribution in [-0.2, 0) is 5.41 Å². The first kappa shape index (κ1) is 18.7. The molecule has 0 aliphatic carbocycles. The second kappa shape index (κ2) is 7.07. The summed E-state index contributed by atoms with van der Waals surface area (Å²) in [6.45, 7) is 16.5. The molecule has 2 rings (SSSR count). The summed E-state index contributed by atoms with van der Waals surface area (Å²) in [4.78, 5) is 4.54. The fourth-order valence-corrected chi connectivity index (χ4v) is 2.98. The molecule has 0 fully saturated rings. The van der Waals surface area contributed by atoms with E-state index < -0.39 is 5.41 Å². The van der Waals surface area contributed by atoms with E-state index in [1.54, 1.807) is 6.21 Å². The largest absolute Gasteiger partial charge is 0.261 e. The van der Waals surface area contributed by atoms with Crippen molar-refractivity contribution in [1.29, 1.82) is 5.26 Å². The van der Waals surface area contributed by atoms with Gasteiger partial charge >= 0.3 is 0 Å². The Morgan fingerprint density at radius 2 is 1.80 bits per heavy atom. The first-order valence-electron chi connectivity index (χ1n) is 8.53. The Balaban J connectivity index is 2.63. The predicted octanol–water partition coefficient (Wildman–Crippen LogP) is 6.20. The average Bonchev–Trinajstić information content (AvgIpc) is 2.57. The van der Waals surface area contributed by atoms with E-state index in [0.717, 1.165) is 28.0 Å². The summed E-state index contributed by atoms with van der Waals surface area (Å²) in [5.41, 5.74) is 8.11. The maximum absolute atomic E-state index is 9.42. The highest BCUT2D eigenvalue weighted by Gasteiger charge is 2.21. The Morgan fingerprint density at radius 1 is 1.12 bits per heavy atom. The number of nitriles is 1. The fourth-order valence-electron chi connectivity index (χ4n) is 2.98. The lowest BCUT2D eigenvalue weighted by Gasteiger charge is -2.19. The van der Waals surface area contributed by atoms with Gasteiger partial charge in [-0.2, -0.15) is 5.26 Å². The lowest BCUT2D eigenvalue weighted by atomic mass is 9.84. The van der Waals surface area contributed by atoms with Crippen molar-refractivity contribution in [2.45, 2.75) is 47.0 Å². The van der Waals surface area contributed by atoms with E-state index in [2.05, 4.69) is 50.5 Å². The molecule has 25 heavy (non-hydrogen) atoms. The molecule has 0 saturated carbocycles. The van der Waals surface area contributed by atoms with Gasteiger partial charge in [0.2, 0.25) is 0 Å². The van der Waals surface area contributed by atoms with Crippen molar-refractivity contribution in [2.75, 3.05) is 0 Å². The number of hydrogen-bond acceptors (Lipinski definition) is 2. The van der Waals surface area contributed by atoms with Gasteiger partial charge in [0.05, 0.1) is 17.2 Å². The number of nitrogens with zero attached hydrogens (tertiary/aromatic N) is 2. The smallest absolute Gasteiger partial charge is 0.0767 e. The average molecular weight is 330 g/mol. The molecule has 0 unspecified atom stereocenters. The molecule has 0 N–H and O–H groups in total. The molecule has 0 saturated heterocycles. The summed E-state index contributed by atoms with van der Waals surface area (Å²) in [5.74, 6) is 0. The van der Waals surface area contributed by atoms with E-state index in [1.165, 1.54) is 16.7 Å². The van der Waals surface area contributed by atoms with Crippen molar-refractivity contribution >= 4 is 17.5 Å². The zero-order valence-electron chi connectivity index (χ0n) is 16.1. The van der Waals surface area contributed by atoms with Gasteiger partial charge in [-0.25, -0.2) is 0 Å². The monoisotopic (exact) mass is 330 g/mol. The minimum atomic E-state index is -0.548. The Labute approximate surface area is 151 Å². The first-order valence-corrected chi connectivity index (χ1v) is 8.53. The van der Waals surface area contributed by atoms with E-state index >= 15 is 0 Å². The van der Waals surface area contributed by atoms with E-state index in [4.69, 9.17) is 0 Å². The van der Waals surface area contributed by atoms with Crippen LogP contribution < -0.4 is 0 Å². The second-order valence-electron chi connectivity index (χ2n) is 7.09. The summed E-state index contributed by atoms with van der Waals surface area (Å²) in [6.07, 6.45) is 1.78. The molecule has 0 aliphatic heterocycles. The van der Waals surface area contributed by atoms with Crippen LogP contribution in [0.15, 0.2) is 41.9 Å². The highest BCUT2D eigenvalue weighted by atomic mass is 14.7. The van der Waals surface area contributed by atoms with E-state index in [-0.39, 0.29) is 0 Å². The summed E-state index contributed by atoms with van der Waals surface area (Å²) < 4.78 is 0. The molecule has 0 bridgehead atoms. The normalized spacial score (nSPS) is 11.6. The van der Waals surface area contributed by atoms with E-state index in [9.17, 15) is 5.26 Å². The number of aliphatic imine (C=N–C) groups is 1. The highest BCUT2D eigenvalue weighted by Crippen LogP contribution is 2.36. The third kappa shape index (κ3) is 3.72. The van der Waals surface area contributed by atoms with Gasteiger partial charge in [-0.3, -0.25) is 4.99 Å². The van der Waals surface area contributed by atoms with Gasteiger partial charge in [-0.05, 0) is 75.4 Å². The zero-order valence-corrected chi connectivity index (χ0v) is 16.1. The van der Waals surface area contributed by atoms with Crippen LogP contribution in [0, 0.1) is 32.1 Å². The lowest BCUT2D eigenvalue weighted by molar-refractivity contribution is 0.687. The van der Waals surface area contributed by atoms with Crippen LogP contribution in [0.25, 0.3) is 5.57 Å². The molecule has 0 spiro atoms. The molecule has 2 heteroatoms. The second-order valence-corrected chi connectivity index (χ2v) is 7.09. The van der Waals surface area contributed by atoms with Crippen LogP contribution in [0.3, 0.4) is 0 Å². The van der Waals surface area contributed by atoms with Gasteiger partial charge in [-0.1, -0.05) is 36.4 Å². The summed E-state index contributed by atoms with van der Waals surface area (Å²) in [6, 6.07) is 12.8. The van der Waals surface area contributed by atoms with Crippen LogP contribution >= 0.6 is 0 Å². The molecule has 0 atom stereocenters. The van der Waals surface area contributed by atoms with E-state index in [1.807, 2.05) is 39.0 Å². The standard InChI is InChI=1S/C23H26N2/c1-8-25-22-13-19(23(6,7)14-24)9-10-20(22)18(5)21-12-15(2)11-16(3)17(21)4/h8-13H,5H2,1-4,6-7H3. The highest BCUT2D eigenvalue weighted by molar-refractivity contribution is 5.87. The van der Waals surface area contributed by atoms with Crippen LogP contribution in [-0.4, -0.2) is 6.21 Å². The van der Waals surface area contributed by atoms with Gasteiger partial charge in [0, 0.05) is 11.8 Å². The molecular formula is C23H26N2. The Bertz CT molecular complexity index is 893. The van der Waals surface area contributed by atoms with Crippen molar-refractivity contribution in [3.05, 3.63) is 70.3 Å². The van der Waals surface area contributed by atoms with Gasteiger partial charge in [0.1, 0.15) is 0 Å². The van der Waals surface area contributed by atoms with Crippen LogP contribution in [0.5, 0.6) is 0 Å². The van der Waals surface area contributed by atoms with Crippen molar-refractivity contribution < 1.29 is 0 Å². The molecule has 2 aromatic rings. The Morgan fingerprint density at radius 3 is 2.40 bits per heavy atom. The molecule has 2 aromatic carbocycles. The summed E-state index contributed by atoms with van der Waals surface area (Å²) >= 11 is 0. The van der Waals surface area contributed by atoms with Crippen molar-refractivity contribution in [2.24, 2.45) is 4.99 Å². The summed E-state index contributed by atoms with van der Waals surface area (Å²) in [7, 11) is 0.